The number of nitrogens with one attached hydrogen (secondary N) is 2. The Morgan fingerprint density at radius 2 is 2.13 bits per heavy atom. The lowest BCUT2D eigenvalue weighted by Crippen LogP contribution is -2.28. The van der Waals surface area contributed by atoms with Crippen LogP contribution in [0.4, 0.5) is 0 Å². The van der Waals surface area contributed by atoms with E-state index in [2.05, 4.69) is 26.9 Å². The number of nitrogens with zero attached hydrogens (tertiary/aromatic N) is 3. The molecule has 0 unspecified atom stereocenters. The van der Waals surface area contributed by atoms with Crippen molar-refractivity contribution in [1.82, 2.24) is 24.6 Å². The van der Waals surface area contributed by atoms with Crippen molar-refractivity contribution in [2.45, 2.75) is 30.5 Å². The van der Waals surface area contributed by atoms with Gasteiger partial charge in [-0.05, 0) is 32.5 Å². The first-order chi connectivity index (χ1) is 10.9. The average Bonchev–Trinajstić information content (AvgIpc) is 3.13. The van der Waals surface area contributed by atoms with Crippen LogP contribution in [0.3, 0.4) is 0 Å². The zero-order chi connectivity index (χ0) is 16.6. The Labute approximate surface area is 134 Å². The smallest absolute Gasteiger partial charge is 0.257 e. The highest BCUT2D eigenvalue weighted by atomic mass is 32.2. The molecule has 3 heterocycles. The van der Waals surface area contributed by atoms with Gasteiger partial charge in [0.15, 0.2) is 5.03 Å². The third-order valence-corrected chi connectivity index (χ3v) is 5.24. The second-order valence-corrected chi connectivity index (χ2v) is 7.23. The van der Waals surface area contributed by atoms with Gasteiger partial charge in [0.1, 0.15) is 5.82 Å². The molecule has 0 radical (unpaired) electrons. The second-order valence-electron chi connectivity index (χ2n) is 5.40. The number of amides is 1. The number of carbonyl (C=O) groups excluding carboxylic acids is 1. The Bertz CT molecular complexity index is 828. The highest BCUT2D eigenvalue weighted by Gasteiger charge is 2.30. The summed E-state index contributed by atoms with van der Waals surface area (Å²) in [5.74, 6) is 0.521. The van der Waals surface area contributed by atoms with Crippen molar-refractivity contribution in [3.63, 3.8) is 0 Å². The van der Waals surface area contributed by atoms with Gasteiger partial charge in [-0.15, -0.1) is 0 Å². The Hall–Kier alpha value is -2.26. The number of hydrogen-bond acceptors (Lipinski definition) is 5. The zero-order valence-electron chi connectivity index (χ0n) is 12.7. The molecular formula is C14H17N5O3S. The molecule has 2 aromatic rings. The maximum absolute atomic E-state index is 12.3. The number of hydrogen-bond donors (Lipinski definition) is 2. The molecule has 0 fully saturated rings. The Morgan fingerprint density at radius 1 is 1.35 bits per heavy atom. The van der Waals surface area contributed by atoms with E-state index in [1.807, 2.05) is 10.8 Å². The van der Waals surface area contributed by atoms with Gasteiger partial charge in [0.2, 0.25) is 0 Å². The predicted octanol–water partition coefficient (Wildman–Crippen LogP) is 0.622. The van der Waals surface area contributed by atoms with Crippen molar-refractivity contribution in [1.29, 1.82) is 0 Å². The van der Waals surface area contributed by atoms with Crippen molar-refractivity contribution in [2.24, 2.45) is 0 Å². The molecule has 1 amide bonds. The third-order valence-electron chi connectivity index (χ3n) is 3.91. The molecule has 2 atom stereocenters. The van der Waals surface area contributed by atoms with E-state index in [0.717, 1.165) is 12.2 Å². The predicted molar refractivity (Wildman–Crippen MR) is 82.2 cm³/mol. The molecule has 23 heavy (non-hydrogen) atoms. The molecule has 0 aliphatic carbocycles. The maximum Gasteiger partial charge on any atom is 0.257 e. The number of aromatic nitrogens is 3. The van der Waals surface area contributed by atoms with Gasteiger partial charge < -0.3 is 9.88 Å². The molecule has 1 aliphatic heterocycles. The van der Waals surface area contributed by atoms with Crippen molar-refractivity contribution in [2.75, 3.05) is 7.05 Å². The van der Waals surface area contributed by atoms with Crippen LogP contribution in [0.2, 0.25) is 0 Å². The van der Waals surface area contributed by atoms with E-state index >= 15 is 0 Å². The quantitative estimate of drug-likeness (QED) is 0.852. The van der Waals surface area contributed by atoms with E-state index in [1.54, 1.807) is 6.20 Å². The first-order valence-electron chi connectivity index (χ1n) is 7.15. The van der Waals surface area contributed by atoms with Gasteiger partial charge in [0, 0.05) is 24.6 Å². The standard InChI is InChI=1S/C14H17N5O3S/c1-9-7-11(13-16-5-6-19(9)13)18-14(20)10-3-4-12(17-8-10)23(21,22)15-2/h3-6,8-9,11,15H,7H2,1-2H3,(H,18,20)/t9-,11-/m0/s1. The van der Waals surface area contributed by atoms with Gasteiger partial charge in [-0.25, -0.2) is 23.1 Å². The highest BCUT2D eigenvalue weighted by Crippen LogP contribution is 2.32. The molecule has 0 spiro atoms. The minimum absolute atomic E-state index is 0.124. The maximum atomic E-state index is 12.3. The van der Waals surface area contributed by atoms with Crippen LogP contribution in [-0.4, -0.2) is 35.9 Å². The fourth-order valence-corrected chi connectivity index (χ4v) is 3.32. The first kappa shape index (κ1) is 15.6. The van der Waals surface area contributed by atoms with Gasteiger partial charge in [-0.1, -0.05) is 0 Å². The number of rotatable bonds is 4. The minimum Gasteiger partial charge on any atom is -0.342 e. The fourth-order valence-electron chi connectivity index (χ4n) is 2.67. The van der Waals surface area contributed by atoms with Gasteiger partial charge >= 0.3 is 0 Å². The van der Waals surface area contributed by atoms with Gasteiger partial charge in [0.25, 0.3) is 15.9 Å². The summed E-state index contributed by atoms with van der Waals surface area (Å²) >= 11 is 0. The van der Waals surface area contributed by atoms with Crippen LogP contribution in [-0.2, 0) is 10.0 Å². The summed E-state index contributed by atoms with van der Waals surface area (Å²) in [7, 11) is -2.30. The highest BCUT2D eigenvalue weighted by molar-refractivity contribution is 7.89. The molecule has 8 nitrogen and oxygen atoms in total. The lowest BCUT2D eigenvalue weighted by molar-refractivity contribution is 0.0934. The normalized spacial score (nSPS) is 20.3. The Morgan fingerprint density at radius 3 is 2.78 bits per heavy atom. The van der Waals surface area contributed by atoms with Crippen molar-refractivity contribution in [3.8, 4) is 0 Å². The number of sulfonamides is 1. The topological polar surface area (TPSA) is 106 Å². The molecule has 0 saturated carbocycles. The van der Waals surface area contributed by atoms with Crippen molar-refractivity contribution >= 4 is 15.9 Å². The van der Waals surface area contributed by atoms with Crippen LogP contribution in [0.1, 0.15) is 41.6 Å². The Balaban J connectivity index is 1.75. The van der Waals surface area contributed by atoms with Crippen LogP contribution in [0.5, 0.6) is 0 Å². The minimum atomic E-state index is -3.61. The van der Waals surface area contributed by atoms with Crippen LogP contribution >= 0.6 is 0 Å². The van der Waals surface area contributed by atoms with E-state index in [4.69, 9.17) is 0 Å². The van der Waals surface area contributed by atoms with E-state index in [0.29, 0.717) is 5.56 Å². The summed E-state index contributed by atoms with van der Waals surface area (Å²) in [5.41, 5.74) is 0.303. The average molecular weight is 335 g/mol. The monoisotopic (exact) mass is 335 g/mol. The number of carbonyl (C=O) groups is 1. The summed E-state index contributed by atoms with van der Waals surface area (Å²) in [6.07, 6.45) is 5.63. The molecular weight excluding hydrogens is 318 g/mol. The van der Waals surface area contributed by atoms with Crippen molar-refractivity contribution in [3.05, 3.63) is 42.1 Å². The van der Waals surface area contributed by atoms with Crippen LogP contribution in [0.25, 0.3) is 0 Å². The van der Waals surface area contributed by atoms with Crippen LogP contribution < -0.4 is 10.0 Å². The lowest BCUT2D eigenvalue weighted by Gasteiger charge is -2.11. The largest absolute Gasteiger partial charge is 0.342 e. The van der Waals surface area contributed by atoms with E-state index in [1.165, 1.54) is 25.4 Å². The molecule has 3 rings (SSSR count). The van der Waals surface area contributed by atoms with Gasteiger partial charge in [-0.2, -0.15) is 0 Å². The molecule has 0 bridgehead atoms. The van der Waals surface area contributed by atoms with Gasteiger partial charge in [0.05, 0.1) is 11.6 Å². The molecule has 2 aromatic heterocycles. The van der Waals surface area contributed by atoms with Crippen LogP contribution in [0.15, 0.2) is 35.7 Å². The number of fused-ring (bicyclic) bond motifs is 1. The summed E-state index contributed by atoms with van der Waals surface area (Å²) in [6.45, 7) is 2.07. The summed E-state index contributed by atoms with van der Waals surface area (Å²) < 4.78 is 27.4. The molecule has 2 N–H and O–H groups in total. The first-order valence-corrected chi connectivity index (χ1v) is 8.64. The summed E-state index contributed by atoms with van der Waals surface area (Å²) in [5, 5.41) is 2.79. The molecule has 122 valence electrons. The summed E-state index contributed by atoms with van der Waals surface area (Å²) in [6, 6.07) is 2.86. The number of pyridine rings is 1. The Kier molecular flexibility index (Phi) is 3.90. The molecule has 0 aromatic carbocycles. The molecule has 0 saturated heterocycles. The van der Waals surface area contributed by atoms with Gasteiger partial charge in [-0.3, -0.25) is 4.79 Å². The SMILES string of the molecule is CNS(=O)(=O)c1ccc(C(=O)N[C@H]2C[C@H](C)n3ccnc32)cn1. The van der Waals surface area contributed by atoms with E-state index in [-0.39, 0.29) is 23.0 Å². The lowest BCUT2D eigenvalue weighted by atomic mass is 10.1. The zero-order valence-corrected chi connectivity index (χ0v) is 13.5. The molecule has 9 heteroatoms. The van der Waals surface area contributed by atoms with E-state index in [9.17, 15) is 13.2 Å². The summed E-state index contributed by atoms with van der Waals surface area (Å²) in [4.78, 5) is 20.4. The van der Waals surface area contributed by atoms with E-state index < -0.39 is 10.0 Å². The number of imidazole rings is 1. The third kappa shape index (κ3) is 2.84. The fraction of sp³-hybridized carbons (Fsp3) is 0.357. The van der Waals surface area contributed by atoms with Crippen LogP contribution in [0, 0.1) is 0 Å². The molecule has 1 aliphatic rings. The van der Waals surface area contributed by atoms with Crippen molar-refractivity contribution < 1.29 is 13.2 Å². The second kappa shape index (κ2) is 5.74.